The molecule has 399 valence electrons. The van der Waals surface area contributed by atoms with E-state index in [0.29, 0.717) is 0 Å². The van der Waals surface area contributed by atoms with Crippen LogP contribution in [0.5, 0.6) is 0 Å². The second-order valence-electron chi connectivity index (χ2n) is 28.1. The molecule has 0 unspecified atom stereocenters. The summed E-state index contributed by atoms with van der Waals surface area (Å²) < 4.78 is 2.58. The molecule has 1 N–H and O–H groups in total. The van der Waals surface area contributed by atoms with Gasteiger partial charge in [0.15, 0.2) is 7.28 Å². The average Bonchev–Trinajstić information content (AvgIpc) is 3.99. The quantitative estimate of drug-likeness (QED) is 0.161. The van der Waals surface area contributed by atoms with Crippen LogP contribution in [0, 0.1) is 13.8 Å². The Morgan fingerprint density at radius 3 is 1.58 bits per heavy atom. The maximum Gasteiger partial charge on any atom is 0.197 e. The van der Waals surface area contributed by atoms with Gasteiger partial charge in [0.25, 0.3) is 0 Å². The van der Waals surface area contributed by atoms with Crippen molar-refractivity contribution >= 4 is 95.2 Å². The summed E-state index contributed by atoms with van der Waals surface area (Å²) in [6, 6.07) is 56.8. The van der Waals surface area contributed by atoms with Gasteiger partial charge in [-0.05, 0) is 207 Å². The summed E-state index contributed by atoms with van der Waals surface area (Å²) >= 11 is 1.89. The lowest BCUT2D eigenvalue weighted by atomic mass is 9.55. The van der Waals surface area contributed by atoms with E-state index >= 15 is 0 Å². The molecule has 0 spiro atoms. The van der Waals surface area contributed by atoms with Crippen LogP contribution in [0.1, 0.15) is 166 Å². The fourth-order valence-corrected chi connectivity index (χ4v) is 15.7. The lowest BCUT2D eigenvalue weighted by Crippen LogP contribution is -2.44. The van der Waals surface area contributed by atoms with Crippen molar-refractivity contribution in [3.63, 3.8) is 0 Å². The van der Waals surface area contributed by atoms with Crippen molar-refractivity contribution < 1.29 is 0 Å². The zero-order valence-corrected chi connectivity index (χ0v) is 50.3. The Balaban J connectivity index is 1.15. The summed E-state index contributed by atoms with van der Waals surface area (Å²) in [6.07, 6.45) is 6.98. The van der Waals surface area contributed by atoms with E-state index < -0.39 is 0 Å². The van der Waals surface area contributed by atoms with E-state index in [0.717, 1.165) is 42.7 Å². The normalized spacial score (nSPS) is 18.6. The molecule has 5 heteroatoms. The Morgan fingerprint density at radius 1 is 0.456 bits per heavy atom. The van der Waals surface area contributed by atoms with Crippen LogP contribution in [0.2, 0.25) is 0 Å². The van der Waals surface area contributed by atoms with Gasteiger partial charge in [0, 0.05) is 65.5 Å². The van der Waals surface area contributed by atoms with Crippen molar-refractivity contribution in [3.8, 4) is 11.1 Å². The molecule has 0 saturated carbocycles. The van der Waals surface area contributed by atoms with Crippen LogP contribution in [0.15, 0.2) is 146 Å². The van der Waals surface area contributed by atoms with Crippen LogP contribution < -0.4 is 26.0 Å². The Bertz CT molecular complexity index is 3930. The van der Waals surface area contributed by atoms with Crippen LogP contribution in [0.25, 0.3) is 31.3 Å². The van der Waals surface area contributed by atoms with Crippen LogP contribution in [0.3, 0.4) is 0 Å². The Kier molecular flexibility index (Phi) is 11.8. The zero-order valence-electron chi connectivity index (χ0n) is 49.5. The third kappa shape index (κ3) is 8.41. The van der Waals surface area contributed by atoms with Gasteiger partial charge in [-0.2, -0.15) is 0 Å². The standard InChI is InChI=1S/C74H79BN3S/c1-45-21-15-18-24-60(45)78(61-25-19-16-22-46(61)2)49-40-52(50-29-32-65-66(51-23-17-20-26-64(51)79-65)68(50)76-47-27-30-53-55(39-47)71(7,8)35-33-69(53,3)4)67-63(42-49)77(48-28-31-54-56(41-48)72(9,10)36-34-70(54,5)6)62-44-58-57(43-59(62)75-67)73(11,12)37-38-74(58,13)14/h15-32,39-44,76H,33-38H2,1-14H3. The molecule has 13 rings (SSSR count). The van der Waals surface area contributed by atoms with Gasteiger partial charge in [0.1, 0.15) is 0 Å². The molecular weight excluding hydrogens is 974 g/mol. The summed E-state index contributed by atoms with van der Waals surface area (Å²) in [5, 5.41) is 6.84. The molecule has 0 bridgehead atoms. The highest BCUT2D eigenvalue weighted by Crippen LogP contribution is 2.54. The second kappa shape index (κ2) is 18.0. The van der Waals surface area contributed by atoms with Crippen molar-refractivity contribution in [2.45, 2.75) is 168 Å². The molecule has 0 saturated heterocycles. The number of hydrogen-bond acceptors (Lipinski definition) is 4. The molecule has 0 amide bonds. The topological polar surface area (TPSA) is 18.5 Å². The van der Waals surface area contributed by atoms with E-state index in [2.05, 4.69) is 265 Å². The van der Waals surface area contributed by atoms with E-state index in [1.54, 1.807) is 0 Å². The maximum atomic E-state index is 4.28. The monoisotopic (exact) mass is 1050 g/mol. The van der Waals surface area contributed by atoms with E-state index in [4.69, 9.17) is 0 Å². The molecule has 0 fully saturated rings. The third-order valence-electron chi connectivity index (χ3n) is 19.9. The third-order valence-corrected chi connectivity index (χ3v) is 21.1. The summed E-state index contributed by atoms with van der Waals surface area (Å²) in [4.78, 5) is 5.22. The van der Waals surface area contributed by atoms with E-state index in [9.17, 15) is 0 Å². The van der Waals surface area contributed by atoms with Crippen molar-refractivity contribution in [1.82, 2.24) is 0 Å². The fourth-order valence-electron chi connectivity index (χ4n) is 14.5. The van der Waals surface area contributed by atoms with Gasteiger partial charge in [0.05, 0.1) is 5.69 Å². The first-order valence-electron chi connectivity index (χ1n) is 29.4. The number of hydrogen-bond donors (Lipinski definition) is 1. The van der Waals surface area contributed by atoms with Gasteiger partial charge in [-0.15, -0.1) is 11.3 Å². The highest BCUT2D eigenvalue weighted by molar-refractivity contribution is 7.26. The smallest absolute Gasteiger partial charge is 0.197 e. The predicted octanol–water partition coefficient (Wildman–Crippen LogP) is 20.0. The van der Waals surface area contributed by atoms with E-state index in [1.165, 1.54) is 128 Å². The summed E-state index contributed by atoms with van der Waals surface area (Å²) in [5.74, 6) is 0. The molecule has 3 aliphatic carbocycles. The molecule has 4 aliphatic rings. The minimum absolute atomic E-state index is 0.0219. The first-order valence-corrected chi connectivity index (χ1v) is 30.2. The first kappa shape index (κ1) is 51.9. The SMILES string of the molecule is Cc1ccccc1N(c1cc(-c2ccc3sc4ccccc4c3c2Nc2ccc3c(c2)C(C)(C)CCC3(C)C)c2c(c1)N(c1ccc3c(c1)C(C)(C)CCC3(C)C)c1cc3c(cc1[B]2)C(C)(C)CCC3(C)C)c1ccccc1C. The van der Waals surface area contributed by atoms with Crippen molar-refractivity contribution in [2.24, 2.45) is 0 Å². The number of fused-ring (bicyclic) bond motifs is 8. The summed E-state index contributed by atoms with van der Waals surface area (Å²) in [7, 11) is 2.57. The van der Waals surface area contributed by atoms with Crippen LogP contribution in [0.4, 0.5) is 45.5 Å². The minimum atomic E-state index is 0.0219. The molecular formula is C74H79BN3S. The number of nitrogens with one attached hydrogen (secondary N) is 1. The number of anilines is 8. The Morgan fingerprint density at radius 2 is 0.975 bits per heavy atom. The molecule has 9 aromatic rings. The molecule has 1 aromatic heterocycles. The molecule has 1 radical (unpaired) electrons. The second-order valence-corrected chi connectivity index (χ2v) is 29.2. The summed E-state index contributed by atoms with van der Waals surface area (Å²) in [5.41, 5.74) is 25.9. The molecule has 79 heavy (non-hydrogen) atoms. The molecule has 8 aromatic carbocycles. The molecule has 1 aliphatic heterocycles. The predicted molar refractivity (Wildman–Crippen MR) is 344 cm³/mol. The lowest BCUT2D eigenvalue weighted by molar-refractivity contribution is 0.332. The van der Waals surface area contributed by atoms with Gasteiger partial charge >= 0.3 is 0 Å². The number of benzene rings is 8. The molecule has 0 atom stereocenters. The Labute approximate surface area is 476 Å². The Hall–Kier alpha value is -6.56. The number of thiophene rings is 1. The highest BCUT2D eigenvalue weighted by Gasteiger charge is 2.43. The minimum Gasteiger partial charge on any atom is -0.354 e. The zero-order chi connectivity index (χ0) is 55.3. The highest BCUT2D eigenvalue weighted by atomic mass is 32.1. The van der Waals surface area contributed by atoms with Crippen LogP contribution >= 0.6 is 11.3 Å². The van der Waals surface area contributed by atoms with Gasteiger partial charge in [-0.25, -0.2) is 0 Å². The largest absolute Gasteiger partial charge is 0.354 e. The number of nitrogens with zero attached hydrogens (tertiary/aromatic N) is 2. The van der Waals surface area contributed by atoms with Crippen molar-refractivity contribution in [3.05, 3.63) is 190 Å². The molecule has 3 nitrogen and oxygen atoms in total. The number of aryl methyl sites for hydroxylation is 2. The maximum absolute atomic E-state index is 4.28. The first-order chi connectivity index (χ1) is 37.4. The number of rotatable bonds is 7. The lowest BCUT2D eigenvalue weighted by Gasteiger charge is -2.45. The van der Waals surface area contributed by atoms with Gasteiger partial charge in [-0.3, -0.25) is 0 Å². The fraction of sp³-hybridized carbons (Fsp3) is 0.351. The number of para-hydroxylation sites is 2. The van der Waals surface area contributed by atoms with Gasteiger partial charge in [-0.1, -0.05) is 167 Å². The average molecular weight is 1050 g/mol. The molecule has 2 heterocycles. The van der Waals surface area contributed by atoms with Gasteiger partial charge < -0.3 is 15.1 Å². The summed E-state index contributed by atoms with van der Waals surface area (Å²) in [6.45, 7) is 34.0. The van der Waals surface area contributed by atoms with E-state index in [1.807, 2.05) is 11.3 Å². The van der Waals surface area contributed by atoms with E-state index in [-0.39, 0.29) is 32.5 Å². The van der Waals surface area contributed by atoms with Crippen LogP contribution in [-0.4, -0.2) is 7.28 Å². The van der Waals surface area contributed by atoms with Gasteiger partial charge in [0.2, 0.25) is 0 Å². The van der Waals surface area contributed by atoms with Crippen LogP contribution in [-0.2, 0) is 32.5 Å². The van der Waals surface area contributed by atoms with Crippen molar-refractivity contribution in [2.75, 3.05) is 15.1 Å². The van der Waals surface area contributed by atoms with Crippen molar-refractivity contribution in [1.29, 1.82) is 0 Å².